The maximum atomic E-state index is 12.4. The third kappa shape index (κ3) is 5.88. The minimum atomic E-state index is -2.91. The van der Waals surface area contributed by atoms with Crippen LogP contribution in [-0.2, 0) is 9.59 Å². The van der Waals surface area contributed by atoms with Crippen LogP contribution in [0.4, 0.5) is 14.5 Å². The number of hydrazone groups is 1. The molecule has 2 rings (SSSR count). The summed E-state index contributed by atoms with van der Waals surface area (Å²) in [5.41, 5.74) is 5.19. The molecule has 8 heteroatoms. The highest BCUT2D eigenvalue weighted by Gasteiger charge is 2.13. The molecule has 0 aromatic heterocycles. The first-order chi connectivity index (χ1) is 12.8. The predicted octanol–water partition coefficient (Wildman–Crippen LogP) is 3.30. The fourth-order valence-electron chi connectivity index (χ4n) is 2.37. The number of benzene rings is 2. The second-order valence-corrected chi connectivity index (χ2v) is 5.88. The maximum Gasteiger partial charge on any atom is 0.387 e. The average Bonchev–Trinajstić information content (AvgIpc) is 2.60. The highest BCUT2D eigenvalue weighted by molar-refractivity contribution is 6.39. The molecule has 2 aromatic carbocycles. The van der Waals surface area contributed by atoms with Gasteiger partial charge in [0.15, 0.2) is 0 Å². The predicted molar refractivity (Wildman–Crippen MR) is 98.1 cm³/mol. The number of alkyl halides is 2. The van der Waals surface area contributed by atoms with Crippen molar-refractivity contribution in [1.82, 2.24) is 5.43 Å². The van der Waals surface area contributed by atoms with Crippen molar-refractivity contribution >= 4 is 23.7 Å². The van der Waals surface area contributed by atoms with Gasteiger partial charge in [-0.2, -0.15) is 13.9 Å². The van der Waals surface area contributed by atoms with Gasteiger partial charge in [0.05, 0.1) is 6.21 Å². The second-order valence-electron chi connectivity index (χ2n) is 5.88. The lowest BCUT2D eigenvalue weighted by atomic mass is 10.1. The first kappa shape index (κ1) is 20.0. The average molecular weight is 375 g/mol. The summed E-state index contributed by atoms with van der Waals surface area (Å²) in [6.45, 7) is 2.24. The van der Waals surface area contributed by atoms with Crippen molar-refractivity contribution in [3.63, 3.8) is 0 Å². The number of hydrogen-bond acceptors (Lipinski definition) is 4. The number of halogens is 2. The van der Waals surface area contributed by atoms with Crippen LogP contribution >= 0.6 is 0 Å². The first-order valence-electron chi connectivity index (χ1n) is 8.03. The largest absolute Gasteiger partial charge is 0.434 e. The van der Waals surface area contributed by atoms with Crippen molar-refractivity contribution in [2.24, 2.45) is 5.10 Å². The molecule has 6 nitrogen and oxygen atoms in total. The van der Waals surface area contributed by atoms with Gasteiger partial charge in [-0.25, -0.2) is 5.43 Å². The van der Waals surface area contributed by atoms with Gasteiger partial charge >= 0.3 is 18.4 Å². The zero-order chi connectivity index (χ0) is 20.0. The highest BCUT2D eigenvalue weighted by atomic mass is 19.3. The smallest absolute Gasteiger partial charge is 0.387 e. The number of rotatable bonds is 5. The molecule has 0 unspecified atom stereocenters. The molecular formula is C19H19F2N3O3. The van der Waals surface area contributed by atoms with Crippen molar-refractivity contribution in [3.8, 4) is 5.75 Å². The molecular weight excluding hydrogens is 356 g/mol. The Labute approximate surface area is 155 Å². The van der Waals surface area contributed by atoms with E-state index >= 15 is 0 Å². The van der Waals surface area contributed by atoms with Gasteiger partial charge in [0.2, 0.25) is 0 Å². The Hall–Kier alpha value is -3.29. The van der Waals surface area contributed by atoms with E-state index in [0.29, 0.717) is 22.4 Å². The van der Waals surface area contributed by atoms with Crippen molar-refractivity contribution in [1.29, 1.82) is 0 Å². The molecule has 0 spiro atoms. The molecule has 0 radical (unpaired) electrons. The quantitative estimate of drug-likeness (QED) is 0.478. The number of anilines is 1. The van der Waals surface area contributed by atoms with Crippen LogP contribution in [0.5, 0.6) is 5.75 Å². The molecule has 2 aromatic rings. The first-order valence-corrected chi connectivity index (χ1v) is 8.03. The Morgan fingerprint density at radius 2 is 1.63 bits per heavy atom. The molecule has 2 amide bonds. The number of carbonyl (C=O) groups is 2. The third-order valence-electron chi connectivity index (χ3n) is 3.58. The van der Waals surface area contributed by atoms with E-state index in [-0.39, 0.29) is 5.75 Å². The van der Waals surface area contributed by atoms with Crippen LogP contribution < -0.4 is 15.5 Å². The summed E-state index contributed by atoms with van der Waals surface area (Å²) >= 11 is 0. The van der Waals surface area contributed by atoms with Gasteiger partial charge in [0, 0.05) is 5.69 Å². The molecule has 0 aliphatic heterocycles. The minimum Gasteiger partial charge on any atom is -0.434 e. The monoisotopic (exact) mass is 375 g/mol. The van der Waals surface area contributed by atoms with Gasteiger partial charge in [0.25, 0.3) is 0 Å². The Morgan fingerprint density at radius 3 is 2.19 bits per heavy atom. The summed E-state index contributed by atoms with van der Waals surface area (Å²) in [7, 11) is 0. The minimum absolute atomic E-state index is 0.101. The molecule has 2 N–H and O–H groups in total. The summed E-state index contributed by atoms with van der Waals surface area (Å²) in [6.07, 6.45) is 1.31. The molecule has 0 bridgehead atoms. The summed E-state index contributed by atoms with van der Waals surface area (Å²) < 4.78 is 29.2. The zero-order valence-electron chi connectivity index (χ0n) is 15.0. The van der Waals surface area contributed by atoms with Crippen LogP contribution in [0.25, 0.3) is 0 Å². The van der Waals surface area contributed by atoms with Crippen LogP contribution in [0.2, 0.25) is 0 Å². The van der Waals surface area contributed by atoms with Crippen LogP contribution in [-0.4, -0.2) is 24.6 Å². The Kier molecular flexibility index (Phi) is 6.59. The zero-order valence-corrected chi connectivity index (χ0v) is 15.0. The summed E-state index contributed by atoms with van der Waals surface area (Å²) in [4.78, 5) is 23.6. The summed E-state index contributed by atoms with van der Waals surface area (Å²) in [6, 6.07) is 10.1. The van der Waals surface area contributed by atoms with Gasteiger partial charge in [-0.3, -0.25) is 9.59 Å². The maximum absolute atomic E-state index is 12.4. The van der Waals surface area contributed by atoms with Crippen LogP contribution in [0.1, 0.15) is 22.3 Å². The lowest BCUT2D eigenvalue weighted by Crippen LogP contribution is -2.32. The normalized spacial score (nSPS) is 10.9. The van der Waals surface area contributed by atoms with E-state index in [1.165, 1.54) is 6.21 Å². The topological polar surface area (TPSA) is 79.8 Å². The molecule has 142 valence electrons. The van der Waals surface area contributed by atoms with Crippen molar-refractivity contribution < 1.29 is 23.1 Å². The van der Waals surface area contributed by atoms with E-state index in [9.17, 15) is 18.4 Å². The van der Waals surface area contributed by atoms with Crippen molar-refractivity contribution in [2.45, 2.75) is 27.4 Å². The number of nitrogens with zero attached hydrogens (tertiary/aromatic N) is 1. The number of nitrogens with one attached hydrogen (secondary N) is 2. The third-order valence-corrected chi connectivity index (χ3v) is 3.58. The lowest BCUT2D eigenvalue weighted by molar-refractivity contribution is -0.136. The molecule has 0 fully saturated rings. The Balaban J connectivity index is 1.97. The van der Waals surface area contributed by atoms with E-state index in [0.717, 1.165) is 5.56 Å². The molecule has 0 aliphatic rings. The fraction of sp³-hybridized carbons (Fsp3) is 0.211. The number of hydrogen-bond donors (Lipinski definition) is 2. The van der Waals surface area contributed by atoms with E-state index in [4.69, 9.17) is 0 Å². The van der Waals surface area contributed by atoms with Crippen LogP contribution in [0.3, 0.4) is 0 Å². The number of aryl methyl sites for hydroxylation is 3. The number of carbonyl (C=O) groups excluding carboxylic acids is 2. The van der Waals surface area contributed by atoms with E-state index < -0.39 is 18.4 Å². The standard InChI is InChI=1S/C19H19F2N3O3/c1-11-4-6-15(7-5-11)23-17(25)18(26)24-22-10-14-8-12(2)16(13(3)9-14)27-19(20)21/h4-10,19H,1-3H3,(H,23,25)(H,24,26)/b22-10-. The molecule has 27 heavy (non-hydrogen) atoms. The summed E-state index contributed by atoms with van der Waals surface area (Å²) in [5.74, 6) is -1.69. The fourth-order valence-corrected chi connectivity index (χ4v) is 2.37. The highest BCUT2D eigenvalue weighted by Crippen LogP contribution is 2.25. The number of amides is 2. The molecule has 0 saturated heterocycles. The second kappa shape index (κ2) is 8.88. The van der Waals surface area contributed by atoms with Crippen molar-refractivity contribution in [3.05, 3.63) is 58.7 Å². The number of ether oxygens (including phenoxy) is 1. The van der Waals surface area contributed by atoms with Gasteiger partial charge in [-0.05, 0) is 61.7 Å². The van der Waals surface area contributed by atoms with E-state index in [1.54, 1.807) is 50.2 Å². The van der Waals surface area contributed by atoms with Crippen LogP contribution in [0.15, 0.2) is 41.5 Å². The van der Waals surface area contributed by atoms with Gasteiger partial charge in [0.1, 0.15) is 5.75 Å². The Morgan fingerprint density at radius 1 is 1.04 bits per heavy atom. The molecule has 0 aliphatic carbocycles. The lowest BCUT2D eigenvalue weighted by Gasteiger charge is -2.11. The Bertz CT molecular complexity index is 842. The van der Waals surface area contributed by atoms with E-state index in [2.05, 4.69) is 20.6 Å². The van der Waals surface area contributed by atoms with Gasteiger partial charge < -0.3 is 10.1 Å². The molecule has 0 atom stereocenters. The molecule has 0 saturated carbocycles. The SMILES string of the molecule is Cc1ccc(NC(=O)C(=O)N/N=C\c2cc(C)c(OC(F)F)c(C)c2)cc1. The summed E-state index contributed by atoms with van der Waals surface area (Å²) in [5, 5.41) is 6.17. The molecule has 0 heterocycles. The van der Waals surface area contributed by atoms with E-state index in [1.807, 2.05) is 6.92 Å². The van der Waals surface area contributed by atoms with Crippen molar-refractivity contribution in [2.75, 3.05) is 5.32 Å². The van der Waals surface area contributed by atoms with Gasteiger partial charge in [-0.15, -0.1) is 0 Å². The van der Waals surface area contributed by atoms with Gasteiger partial charge in [-0.1, -0.05) is 17.7 Å². The van der Waals surface area contributed by atoms with Crippen LogP contribution in [0, 0.1) is 20.8 Å².